The molecule has 0 aromatic heterocycles. The van der Waals surface area contributed by atoms with Crippen LogP contribution < -0.4 is 10.6 Å². The normalized spacial score (nSPS) is 24.1. The van der Waals surface area contributed by atoms with Gasteiger partial charge in [-0.1, -0.05) is 6.92 Å². The minimum absolute atomic E-state index is 0.275. The predicted octanol–water partition coefficient (Wildman–Crippen LogP) is 0.977. The van der Waals surface area contributed by atoms with Crippen molar-refractivity contribution in [1.29, 1.82) is 0 Å². The summed E-state index contributed by atoms with van der Waals surface area (Å²) < 4.78 is 0. The second kappa shape index (κ2) is 7.10. The van der Waals surface area contributed by atoms with Crippen LogP contribution in [0.3, 0.4) is 0 Å². The van der Waals surface area contributed by atoms with Gasteiger partial charge in [-0.3, -0.25) is 4.79 Å². The quantitative estimate of drug-likeness (QED) is 0.785. The molecule has 2 N–H and O–H groups in total. The van der Waals surface area contributed by atoms with Gasteiger partial charge in [-0.25, -0.2) is 0 Å². The lowest BCUT2D eigenvalue weighted by molar-refractivity contribution is -0.123. The van der Waals surface area contributed by atoms with Crippen LogP contribution in [0.5, 0.6) is 0 Å². The molecular weight excluding hydrogens is 226 g/mol. The Morgan fingerprint density at radius 1 is 1.22 bits per heavy atom. The zero-order valence-corrected chi connectivity index (χ0v) is 11.6. The summed E-state index contributed by atoms with van der Waals surface area (Å²) in [6.45, 7) is 7.76. The zero-order chi connectivity index (χ0) is 12.8. The third kappa shape index (κ3) is 4.25. The molecule has 18 heavy (non-hydrogen) atoms. The highest BCUT2D eigenvalue weighted by Gasteiger charge is 2.22. The van der Waals surface area contributed by atoms with Crippen molar-refractivity contribution in [3.8, 4) is 0 Å². The molecule has 0 bridgehead atoms. The Morgan fingerprint density at radius 3 is 2.50 bits per heavy atom. The Balaban J connectivity index is 1.65. The Kier molecular flexibility index (Phi) is 5.45. The maximum Gasteiger partial charge on any atom is 0.220 e. The first-order chi connectivity index (χ1) is 8.78. The fourth-order valence-corrected chi connectivity index (χ4v) is 3.03. The highest BCUT2D eigenvalue weighted by atomic mass is 16.1. The van der Waals surface area contributed by atoms with E-state index in [4.69, 9.17) is 0 Å². The van der Waals surface area contributed by atoms with E-state index in [-0.39, 0.29) is 5.91 Å². The van der Waals surface area contributed by atoms with Crippen LogP contribution in [0.15, 0.2) is 0 Å². The lowest BCUT2D eigenvalue weighted by Gasteiger charge is -2.32. The van der Waals surface area contributed by atoms with E-state index in [1.807, 2.05) is 0 Å². The van der Waals surface area contributed by atoms with Gasteiger partial charge in [0, 0.05) is 25.6 Å². The Labute approximate surface area is 110 Å². The van der Waals surface area contributed by atoms with Crippen molar-refractivity contribution in [2.24, 2.45) is 5.92 Å². The summed E-state index contributed by atoms with van der Waals surface area (Å²) in [5.41, 5.74) is 0. The monoisotopic (exact) mass is 253 g/mol. The third-order valence-corrected chi connectivity index (χ3v) is 4.33. The highest BCUT2D eigenvalue weighted by Crippen LogP contribution is 2.16. The molecule has 1 amide bonds. The van der Waals surface area contributed by atoms with Gasteiger partial charge in [-0.05, 0) is 51.2 Å². The fourth-order valence-electron chi connectivity index (χ4n) is 3.03. The van der Waals surface area contributed by atoms with Crippen molar-refractivity contribution < 1.29 is 4.79 Å². The van der Waals surface area contributed by atoms with Crippen LogP contribution in [-0.2, 0) is 4.79 Å². The molecule has 4 nitrogen and oxygen atoms in total. The molecule has 0 atom stereocenters. The fraction of sp³-hybridized carbons (Fsp3) is 0.929. The van der Waals surface area contributed by atoms with Crippen LogP contribution in [0.25, 0.3) is 0 Å². The Morgan fingerprint density at radius 2 is 1.89 bits per heavy atom. The summed E-state index contributed by atoms with van der Waals surface area (Å²) in [6, 6.07) is 0.419. The topological polar surface area (TPSA) is 44.4 Å². The third-order valence-electron chi connectivity index (χ3n) is 4.33. The molecule has 0 aromatic carbocycles. The van der Waals surface area contributed by atoms with Crippen LogP contribution in [0, 0.1) is 5.92 Å². The number of hydrogen-bond acceptors (Lipinski definition) is 3. The van der Waals surface area contributed by atoms with Crippen molar-refractivity contribution in [2.75, 3.05) is 32.7 Å². The summed E-state index contributed by atoms with van der Waals surface area (Å²) in [7, 11) is 0. The number of nitrogens with zero attached hydrogens (tertiary/aromatic N) is 1. The number of carbonyl (C=O) groups excluding carboxylic acids is 1. The minimum atomic E-state index is 0.275. The molecule has 2 aliphatic rings. The molecule has 2 saturated heterocycles. The molecule has 2 aliphatic heterocycles. The van der Waals surface area contributed by atoms with Gasteiger partial charge in [0.1, 0.15) is 0 Å². The first-order valence-corrected chi connectivity index (χ1v) is 7.50. The number of carbonyl (C=O) groups is 1. The lowest BCUT2D eigenvalue weighted by atomic mass is 9.94. The summed E-state index contributed by atoms with van der Waals surface area (Å²) in [6.07, 6.45) is 5.27. The standard InChI is InChI=1S/C14H27N3O/c1-2-17-9-5-13(6-10-17)16-14(18)11-12-3-7-15-8-4-12/h12-13,15H,2-11H2,1H3,(H,16,18). The molecule has 2 fully saturated rings. The molecule has 2 rings (SSSR count). The molecule has 104 valence electrons. The number of hydrogen-bond donors (Lipinski definition) is 2. The van der Waals surface area contributed by atoms with E-state index in [1.165, 1.54) is 0 Å². The van der Waals surface area contributed by atoms with E-state index in [0.717, 1.165) is 64.8 Å². The molecule has 0 spiro atoms. The number of nitrogens with one attached hydrogen (secondary N) is 2. The number of rotatable bonds is 4. The SMILES string of the molecule is CCN1CCC(NC(=O)CC2CCNCC2)CC1. The van der Waals surface area contributed by atoms with E-state index in [1.54, 1.807) is 0 Å². The Hall–Kier alpha value is -0.610. The Bertz CT molecular complexity index is 256. The van der Waals surface area contributed by atoms with E-state index >= 15 is 0 Å². The zero-order valence-electron chi connectivity index (χ0n) is 11.6. The van der Waals surface area contributed by atoms with Crippen molar-refractivity contribution >= 4 is 5.91 Å². The van der Waals surface area contributed by atoms with Gasteiger partial charge < -0.3 is 15.5 Å². The summed E-state index contributed by atoms with van der Waals surface area (Å²) >= 11 is 0. The van der Waals surface area contributed by atoms with Gasteiger partial charge in [-0.15, -0.1) is 0 Å². The first-order valence-electron chi connectivity index (χ1n) is 7.50. The maximum absolute atomic E-state index is 12.0. The highest BCUT2D eigenvalue weighted by molar-refractivity contribution is 5.76. The summed E-state index contributed by atoms with van der Waals surface area (Å²) in [4.78, 5) is 14.4. The van der Waals surface area contributed by atoms with E-state index < -0.39 is 0 Å². The number of likely N-dealkylation sites (tertiary alicyclic amines) is 1. The van der Waals surface area contributed by atoms with Crippen LogP contribution in [0.1, 0.15) is 39.0 Å². The number of piperidine rings is 2. The van der Waals surface area contributed by atoms with Crippen LogP contribution in [0.2, 0.25) is 0 Å². The van der Waals surface area contributed by atoms with Crippen molar-refractivity contribution in [3.63, 3.8) is 0 Å². The van der Waals surface area contributed by atoms with Gasteiger partial charge >= 0.3 is 0 Å². The van der Waals surface area contributed by atoms with Gasteiger partial charge in [0.05, 0.1) is 0 Å². The molecule has 0 unspecified atom stereocenters. The summed E-state index contributed by atoms with van der Waals surface area (Å²) in [5, 5.41) is 6.57. The lowest BCUT2D eigenvalue weighted by Crippen LogP contribution is -2.45. The minimum Gasteiger partial charge on any atom is -0.353 e. The molecule has 0 aliphatic carbocycles. The predicted molar refractivity (Wildman–Crippen MR) is 73.5 cm³/mol. The maximum atomic E-state index is 12.0. The van der Waals surface area contributed by atoms with Gasteiger partial charge in [0.25, 0.3) is 0 Å². The molecular formula is C14H27N3O. The number of amides is 1. The first kappa shape index (κ1) is 13.8. The second-order valence-electron chi connectivity index (χ2n) is 5.67. The van der Waals surface area contributed by atoms with Crippen LogP contribution in [0.4, 0.5) is 0 Å². The largest absolute Gasteiger partial charge is 0.353 e. The van der Waals surface area contributed by atoms with Gasteiger partial charge in [-0.2, -0.15) is 0 Å². The van der Waals surface area contributed by atoms with E-state index in [9.17, 15) is 4.79 Å². The van der Waals surface area contributed by atoms with Gasteiger partial charge in [0.15, 0.2) is 0 Å². The van der Waals surface area contributed by atoms with E-state index in [0.29, 0.717) is 12.0 Å². The molecule has 2 heterocycles. The van der Waals surface area contributed by atoms with E-state index in [2.05, 4.69) is 22.5 Å². The second-order valence-corrected chi connectivity index (χ2v) is 5.67. The molecule has 0 saturated carbocycles. The molecule has 0 aromatic rings. The van der Waals surface area contributed by atoms with Crippen LogP contribution in [-0.4, -0.2) is 49.6 Å². The average molecular weight is 253 g/mol. The average Bonchev–Trinajstić information content (AvgIpc) is 2.40. The summed E-state index contributed by atoms with van der Waals surface area (Å²) in [5.74, 6) is 0.874. The van der Waals surface area contributed by atoms with Crippen molar-refractivity contribution in [2.45, 2.75) is 45.1 Å². The van der Waals surface area contributed by atoms with Crippen LogP contribution >= 0.6 is 0 Å². The molecule has 4 heteroatoms. The molecule has 0 radical (unpaired) electrons. The van der Waals surface area contributed by atoms with Crippen molar-refractivity contribution in [3.05, 3.63) is 0 Å². The smallest absolute Gasteiger partial charge is 0.220 e. The van der Waals surface area contributed by atoms with Crippen molar-refractivity contribution in [1.82, 2.24) is 15.5 Å². The van der Waals surface area contributed by atoms with Gasteiger partial charge in [0.2, 0.25) is 5.91 Å².